The Labute approximate surface area is 109 Å². The van der Waals surface area contributed by atoms with E-state index in [-0.39, 0.29) is 6.61 Å². The largest absolute Gasteiger partial charge is 0.396 e. The number of hydrogen-bond acceptors (Lipinski definition) is 3. The molecule has 0 fully saturated rings. The molecule has 0 aliphatic rings. The lowest BCUT2D eigenvalue weighted by Gasteiger charge is -1.99. The molecule has 3 heteroatoms. The molecule has 0 aliphatic carbocycles. The molecule has 18 heavy (non-hydrogen) atoms. The quantitative estimate of drug-likeness (QED) is 0.365. The molecule has 0 aromatic rings. The van der Waals surface area contributed by atoms with Gasteiger partial charge in [-0.25, -0.2) is 0 Å². The van der Waals surface area contributed by atoms with Crippen LogP contribution in [0.25, 0.3) is 0 Å². The fourth-order valence-corrected chi connectivity index (χ4v) is 1.12. The maximum atomic E-state index is 9.45. The second-order valence-corrected chi connectivity index (χ2v) is 3.74. The molecule has 0 bridgehead atoms. The van der Waals surface area contributed by atoms with E-state index < -0.39 is 12.2 Å². The molecule has 0 saturated carbocycles. The van der Waals surface area contributed by atoms with Crippen molar-refractivity contribution in [3.63, 3.8) is 0 Å². The Morgan fingerprint density at radius 3 is 2.61 bits per heavy atom. The van der Waals surface area contributed by atoms with Crippen molar-refractivity contribution in [1.82, 2.24) is 0 Å². The normalized spacial score (nSPS) is 15.1. The van der Waals surface area contributed by atoms with Gasteiger partial charge in [-0.2, -0.15) is 0 Å². The third-order valence-electron chi connectivity index (χ3n) is 2.06. The van der Waals surface area contributed by atoms with E-state index in [1.54, 1.807) is 24.3 Å². The van der Waals surface area contributed by atoms with Crippen molar-refractivity contribution >= 4 is 0 Å². The molecule has 0 aliphatic heterocycles. The van der Waals surface area contributed by atoms with Crippen LogP contribution in [0.15, 0.2) is 36.5 Å². The first-order valence-corrected chi connectivity index (χ1v) is 6.17. The summed E-state index contributed by atoms with van der Waals surface area (Å²) >= 11 is 0. The second-order valence-electron chi connectivity index (χ2n) is 3.74. The lowest BCUT2D eigenvalue weighted by atomic mass is 10.2. The highest BCUT2D eigenvalue weighted by Crippen LogP contribution is 1.94. The van der Waals surface area contributed by atoms with Crippen molar-refractivity contribution < 1.29 is 15.3 Å². The lowest BCUT2D eigenvalue weighted by molar-refractivity contribution is 0.170. The monoisotopic (exact) mass is 250 g/mol. The summed E-state index contributed by atoms with van der Waals surface area (Å²) in [4.78, 5) is 0. The van der Waals surface area contributed by atoms with Crippen LogP contribution >= 0.6 is 0 Å². The predicted molar refractivity (Wildman–Crippen MR) is 73.8 cm³/mol. The zero-order chi connectivity index (χ0) is 13.6. The van der Waals surface area contributed by atoms with E-state index in [9.17, 15) is 10.2 Å². The van der Waals surface area contributed by atoms with E-state index in [2.05, 4.69) is 11.8 Å². The molecule has 0 radical (unpaired) electrons. The van der Waals surface area contributed by atoms with Gasteiger partial charge in [0, 0.05) is 13.0 Å². The van der Waals surface area contributed by atoms with Crippen LogP contribution in [-0.2, 0) is 0 Å². The number of hydrogen-bond donors (Lipinski definition) is 3. The predicted octanol–water partition coefficient (Wildman–Crippen LogP) is 1.56. The number of rotatable bonds is 7. The average molecular weight is 250 g/mol. The van der Waals surface area contributed by atoms with Gasteiger partial charge < -0.3 is 15.3 Å². The molecule has 3 N–H and O–H groups in total. The van der Waals surface area contributed by atoms with Gasteiger partial charge >= 0.3 is 0 Å². The van der Waals surface area contributed by atoms with Gasteiger partial charge in [0.2, 0.25) is 0 Å². The molecule has 0 unspecified atom stereocenters. The molecule has 0 spiro atoms. The summed E-state index contributed by atoms with van der Waals surface area (Å²) in [5.74, 6) is 5.41. The summed E-state index contributed by atoms with van der Waals surface area (Å²) in [5.41, 5.74) is 0. The summed E-state index contributed by atoms with van der Waals surface area (Å²) in [6, 6.07) is 0. The highest BCUT2D eigenvalue weighted by molar-refractivity contribution is 5.22. The highest BCUT2D eigenvalue weighted by atomic mass is 16.3. The van der Waals surface area contributed by atoms with E-state index in [1.807, 2.05) is 19.1 Å². The standard InChI is InChI=1S/C15H22O3/c1-2-3-6-9-14(17)10-7-4-5-8-11-15(18)12-13-16/h3-6,8,11,14-18H,2,9,12-13H2,1H3/b5-4+,6-3-,11-8+/t14-,15-/m0/s1. The van der Waals surface area contributed by atoms with Gasteiger partial charge in [-0.1, -0.05) is 49.1 Å². The second kappa shape index (κ2) is 12.1. The zero-order valence-corrected chi connectivity index (χ0v) is 10.8. The number of aliphatic hydroxyl groups is 3. The van der Waals surface area contributed by atoms with Crippen molar-refractivity contribution in [2.24, 2.45) is 0 Å². The molecule has 3 nitrogen and oxygen atoms in total. The molecule has 0 aromatic carbocycles. The number of allylic oxidation sites excluding steroid dienone is 4. The van der Waals surface area contributed by atoms with E-state index in [4.69, 9.17) is 5.11 Å². The van der Waals surface area contributed by atoms with Crippen LogP contribution in [0.5, 0.6) is 0 Å². The molecule has 0 amide bonds. The van der Waals surface area contributed by atoms with Gasteiger partial charge in [0.25, 0.3) is 0 Å². The summed E-state index contributed by atoms with van der Waals surface area (Å²) in [6.07, 6.45) is 11.0. The first-order valence-electron chi connectivity index (χ1n) is 6.17. The first kappa shape index (κ1) is 16.7. The third-order valence-corrected chi connectivity index (χ3v) is 2.06. The van der Waals surface area contributed by atoms with Crippen LogP contribution in [0.2, 0.25) is 0 Å². The fourth-order valence-electron chi connectivity index (χ4n) is 1.12. The Kier molecular flexibility index (Phi) is 11.2. The molecular formula is C15H22O3. The van der Waals surface area contributed by atoms with Crippen molar-refractivity contribution in [3.8, 4) is 11.8 Å². The Bertz CT molecular complexity index is 331. The van der Waals surface area contributed by atoms with E-state index in [1.165, 1.54) is 0 Å². The van der Waals surface area contributed by atoms with E-state index in [0.29, 0.717) is 12.8 Å². The van der Waals surface area contributed by atoms with Crippen LogP contribution < -0.4 is 0 Å². The maximum Gasteiger partial charge on any atom is 0.118 e. The summed E-state index contributed by atoms with van der Waals surface area (Å²) in [7, 11) is 0. The average Bonchev–Trinajstić information content (AvgIpc) is 2.34. The minimum absolute atomic E-state index is 0.0352. The summed E-state index contributed by atoms with van der Waals surface area (Å²) in [5, 5.41) is 27.3. The van der Waals surface area contributed by atoms with Crippen molar-refractivity contribution in [1.29, 1.82) is 0 Å². The van der Waals surface area contributed by atoms with Crippen molar-refractivity contribution in [3.05, 3.63) is 36.5 Å². The Balaban J connectivity index is 3.90. The third kappa shape index (κ3) is 11.2. The molecule has 0 saturated heterocycles. The van der Waals surface area contributed by atoms with Crippen molar-refractivity contribution in [2.45, 2.75) is 38.4 Å². The minimum Gasteiger partial charge on any atom is -0.396 e. The van der Waals surface area contributed by atoms with Crippen LogP contribution in [0.3, 0.4) is 0 Å². The van der Waals surface area contributed by atoms with Crippen LogP contribution in [0.4, 0.5) is 0 Å². The lowest BCUT2D eigenvalue weighted by Crippen LogP contribution is -2.03. The van der Waals surface area contributed by atoms with Gasteiger partial charge in [0.1, 0.15) is 6.10 Å². The highest BCUT2D eigenvalue weighted by Gasteiger charge is 1.94. The fraction of sp³-hybridized carbons (Fsp3) is 0.467. The van der Waals surface area contributed by atoms with Crippen LogP contribution in [0, 0.1) is 11.8 Å². The van der Waals surface area contributed by atoms with Crippen molar-refractivity contribution in [2.75, 3.05) is 6.61 Å². The van der Waals surface area contributed by atoms with E-state index >= 15 is 0 Å². The first-order chi connectivity index (χ1) is 8.70. The molecular weight excluding hydrogens is 228 g/mol. The van der Waals surface area contributed by atoms with Gasteiger partial charge in [0.15, 0.2) is 0 Å². The molecule has 100 valence electrons. The zero-order valence-electron chi connectivity index (χ0n) is 10.8. The van der Waals surface area contributed by atoms with Gasteiger partial charge in [-0.05, 0) is 18.9 Å². The van der Waals surface area contributed by atoms with Crippen LogP contribution in [-0.4, -0.2) is 34.1 Å². The maximum absolute atomic E-state index is 9.45. The minimum atomic E-state index is -0.638. The topological polar surface area (TPSA) is 60.7 Å². The summed E-state index contributed by atoms with van der Waals surface area (Å²) in [6.45, 7) is 2.00. The molecule has 2 atom stereocenters. The number of aliphatic hydroxyl groups excluding tert-OH is 3. The van der Waals surface area contributed by atoms with E-state index in [0.717, 1.165) is 6.42 Å². The smallest absolute Gasteiger partial charge is 0.118 e. The Hall–Kier alpha value is -1.34. The Morgan fingerprint density at radius 2 is 1.94 bits per heavy atom. The Morgan fingerprint density at radius 1 is 1.17 bits per heavy atom. The van der Waals surface area contributed by atoms with Gasteiger partial charge in [0.05, 0.1) is 6.10 Å². The summed E-state index contributed by atoms with van der Waals surface area (Å²) < 4.78 is 0. The SMILES string of the molecule is CC/C=C\C[C@H](O)C#C/C=C/C=C/[C@H](O)CCO. The molecule has 0 heterocycles. The molecule has 0 aromatic heterocycles. The van der Waals surface area contributed by atoms with Gasteiger partial charge in [-0.15, -0.1) is 0 Å². The van der Waals surface area contributed by atoms with Gasteiger partial charge in [-0.3, -0.25) is 0 Å². The van der Waals surface area contributed by atoms with Crippen LogP contribution in [0.1, 0.15) is 26.2 Å². The molecule has 0 rings (SSSR count).